The number of carboxylic acids is 2. The zero-order valence-corrected chi connectivity index (χ0v) is 26.6. The number of carbonyl (C=O) groups is 4. The summed E-state index contributed by atoms with van der Waals surface area (Å²) in [6.45, 7) is -0.646. The lowest BCUT2D eigenvalue weighted by atomic mass is 10.2. The molecule has 0 spiro atoms. The van der Waals surface area contributed by atoms with E-state index >= 15 is 0 Å². The number of nitrogens with zero attached hydrogens (tertiary/aromatic N) is 2. The minimum absolute atomic E-state index is 0.179. The van der Waals surface area contributed by atoms with Crippen LogP contribution < -0.4 is 0 Å². The molecule has 0 atom stereocenters. The molecule has 4 aromatic carbocycles. The van der Waals surface area contributed by atoms with Crippen molar-refractivity contribution in [3.63, 3.8) is 0 Å². The lowest BCUT2D eigenvalue weighted by molar-refractivity contribution is -0.385. The summed E-state index contributed by atoms with van der Waals surface area (Å²) in [6, 6.07) is 20.0. The first-order chi connectivity index (χ1) is 22.4. The lowest BCUT2D eigenvalue weighted by Gasteiger charge is -2.08. The molecule has 0 unspecified atom stereocenters. The number of carboxylic acid groups (broad SMARTS) is 2. The molecular formula is C29H18N2O12S4. The Bertz CT molecular complexity index is 1730. The molecule has 0 saturated carbocycles. The monoisotopic (exact) mass is 714 g/mol. The highest BCUT2D eigenvalue weighted by Crippen LogP contribution is 2.40. The van der Waals surface area contributed by atoms with E-state index < -0.39 is 63.0 Å². The number of ether oxygens (including phenoxy) is 2. The smallest absolute Gasteiger partial charge is 0.342 e. The highest BCUT2D eigenvalue weighted by atomic mass is 33.1. The molecule has 0 aliphatic rings. The van der Waals surface area contributed by atoms with Crippen molar-refractivity contribution in [3.8, 4) is 0 Å². The average Bonchev–Trinajstić information content (AvgIpc) is 3.06. The first-order valence-electron chi connectivity index (χ1n) is 12.7. The number of esters is 2. The Morgan fingerprint density at radius 1 is 0.553 bits per heavy atom. The summed E-state index contributed by atoms with van der Waals surface area (Å²) in [4.78, 5) is 70.3. The van der Waals surface area contributed by atoms with E-state index in [0.717, 1.165) is 33.7 Å². The molecule has 0 saturated heterocycles. The quantitative estimate of drug-likeness (QED) is 0.0426. The van der Waals surface area contributed by atoms with Crippen LogP contribution in [0.25, 0.3) is 0 Å². The number of aromatic carboxylic acids is 2. The third-order valence-corrected chi connectivity index (χ3v) is 10.6. The van der Waals surface area contributed by atoms with Crippen molar-refractivity contribution in [2.24, 2.45) is 0 Å². The first-order valence-corrected chi connectivity index (χ1v) is 17.0. The summed E-state index contributed by atoms with van der Waals surface area (Å²) in [7, 11) is 4.79. The van der Waals surface area contributed by atoms with Gasteiger partial charge in [-0.1, -0.05) is 43.2 Å². The molecule has 4 aromatic rings. The van der Waals surface area contributed by atoms with Crippen molar-refractivity contribution in [3.05, 3.63) is 127 Å². The first kappa shape index (κ1) is 34.8. The predicted molar refractivity (Wildman–Crippen MR) is 172 cm³/mol. The van der Waals surface area contributed by atoms with Crippen LogP contribution >= 0.6 is 43.2 Å². The molecule has 0 radical (unpaired) electrons. The summed E-state index contributed by atoms with van der Waals surface area (Å²) >= 11 is 0. The number of nitro groups is 2. The summed E-state index contributed by atoms with van der Waals surface area (Å²) in [6.07, 6.45) is 0. The third kappa shape index (κ3) is 9.49. The molecule has 0 fully saturated rings. The van der Waals surface area contributed by atoms with Crippen LogP contribution in [-0.2, 0) is 9.47 Å². The lowest BCUT2D eigenvalue weighted by Crippen LogP contribution is -2.13. The van der Waals surface area contributed by atoms with Crippen molar-refractivity contribution in [1.29, 1.82) is 0 Å². The van der Waals surface area contributed by atoms with Gasteiger partial charge in [-0.3, -0.25) is 20.2 Å². The summed E-state index contributed by atoms with van der Waals surface area (Å²) < 4.78 is 10.0. The minimum Gasteiger partial charge on any atom is -0.477 e. The van der Waals surface area contributed by atoms with Crippen molar-refractivity contribution in [2.75, 3.05) is 6.79 Å². The summed E-state index contributed by atoms with van der Waals surface area (Å²) in [5.41, 5.74) is -1.51. The Labute approximate surface area is 279 Å². The maximum absolute atomic E-state index is 12.4. The summed E-state index contributed by atoms with van der Waals surface area (Å²) in [5.74, 6) is -4.30. The van der Waals surface area contributed by atoms with E-state index in [9.17, 15) is 39.4 Å². The fraction of sp³-hybridized carbons (Fsp3) is 0.0345. The van der Waals surface area contributed by atoms with E-state index in [2.05, 4.69) is 0 Å². The van der Waals surface area contributed by atoms with Crippen LogP contribution in [0, 0.1) is 20.2 Å². The highest BCUT2D eigenvalue weighted by Gasteiger charge is 2.21. The van der Waals surface area contributed by atoms with Gasteiger partial charge in [0.15, 0.2) is 0 Å². The molecule has 0 aromatic heterocycles. The highest BCUT2D eigenvalue weighted by molar-refractivity contribution is 8.77. The number of carbonyl (C=O) groups excluding carboxylic acids is 2. The fourth-order valence-corrected chi connectivity index (χ4v) is 7.47. The topological polar surface area (TPSA) is 213 Å². The molecule has 14 nitrogen and oxygen atoms in total. The second-order valence-corrected chi connectivity index (χ2v) is 13.4. The number of benzene rings is 4. The normalized spacial score (nSPS) is 10.6. The van der Waals surface area contributed by atoms with E-state index in [1.54, 1.807) is 24.3 Å². The second kappa shape index (κ2) is 16.0. The molecule has 0 aliphatic carbocycles. The predicted octanol–water partition coefficient (Wildman–Crippen LogP) is 7.47. The van der Waals surface area contributed by atoms with Crippen molar-refractivity contribution < 1.29 is 48.7 Å². The van der Waals surface area contributed by atoms with Gasteiger partial charge >= 0.3 is 23.9 Å². The van der Waals surface area contributed by atoms with Gasteiger partial charge in [-0.25, -0.2) is 19.2 Å². The SMILES string of the molecule is O=C(OCOC(=O)c1ccc(SSc2ccc(C(=O)O)c([N+](=O)[O-])c2)cc1)c1ccc(SSc2ccc(C(=O)O)c([N+](=O)[O-])c2)cc1. The molecule has 18 heteroatoms. The Morgan fingerprint density at radius 3 is 1.19 bits per heavy atom. The van der Waals surface area contributed by atoms with E-state index in [4.69, 9.17) is 19.7 Å². The third-order valence-electron chi connectivity index (χ3n) is 5.82. The number of hydrogen-bond acceptors (Lipinski definition) is 14. The van der Waals surface area contributed by atoms with Gasteiger partial charge in [-0.2, -0.15) is 0 Å². The van der Waals surface area contributed by atoms with E-state index in [-0.39, 0.29) is 11.1 Å². The molecule has 0 amide bonds. The minimum atomic E-state index is -1.40. The second-order valence-electron chi connectivity index (χ2n) is 8.85. The van der Waals surface area contributed by atoms with E-state index in [1.807, 2.05) is 0 Å². The van der Waals surface area contributed by atoms with Gasteiger partial charge in [0.25, 0.3) is 11.4 Å². The van der Waals surface area contributed by atoms with Crippen LogP contribution in [0.15, 0.2) is 105 Å². The average molecular weight is 715 g/mol. The Kier molecular flexibility index (Phi) is 11.8. The van der Waals surface area contributed by atoms with Crippen LogP contribution in [0.4, 0.5) is 11.4 Å². The zero-order chi connectivity index (χ0) is 34.1. The maximum atomic E-state index is 12.4. The molecule has 0 heterocycles. The Morgan fingerprint density at radius 2 is 0.872 bits per heavy atom. The van der Waals surface area contributed by atoms with Gasteiger partial charge in [0.2, 0.25) is 6.79 Å². The van der Waals surface area contributed by atoms with Gasteiger partial charge in [0.05, 0.1) is 21.0 Å². The van der Waals surface area contributed by atoms with E-state index in [0.29, 0.717) is 19.6 Å². The molecule has 47 heavy (non-hydrogen) atoms. The van der Waals surface area contributed by atoms with Gasteiger partial charge in [0, 0.05) is 31.7 Å². The standard InChI is InChI=1S/C29H18N2O12S4/c32-26(33)22-11-9-20(13-24(22)30(38)39)46-44-18-5-1-16(2-6-18)28(36)42-15-43-29(37)17-3-7-19(8-4-17)45-47-21-10-12-23(27(34)35)25(14-21)31(40)41/h1-14H,15H2,(H,32,33)(H,34,35). The van der Waals surface area contributed by atoms with Gasteiger partial charge in [-0.15, -0.1) is 0 Å². The molecule has 4 rings (SSSR count). The molecular weight excluding hydrogens is 697 g/mol. The molecule has 0 bridgehead atoms. The molecule has 0 aliphatic heterocycles. The van der Waals surface area contributed by atoms with Crippen LogP contribution in [-0.4, -0.2) is 50.7 Å². The molecule has 240 valence electrons. The maximum Gasteiger partial charge on any atom is 0.342 e. The zero-order valence-electron chi connectivity index (χ0n) is 23.3. The van der Waals surface area contributed by atoms with Crippen LogP contribution in [0.3, 0.4) is 0 Å². The fourth-order valence-electron chi connectivity index (χ4n) is 3.58. The van der Waals surface area contributed by atoms with Crippen LogP contribution in [0.5, 0.6) is 0 Å². The summed E-state index contributed by atoms with van der Waals surface area (Å²) in [5, 5.41) is 40.6. The van der Waals surface area contributed by atoms with Gasteiger partial charge < -0.3 is 19.7 Å². The molecule has 2 N–H and O–H groups in total. The van der Waals surface area contributed by atoms with Crippen LogP contribution in [0.2, 0.25) is 0 Å². The van der Waals surface area contributed by atoms with E-state index in [1.165, 1.54) is 70.1 Å². The van der Waals surface area contributed by atoms with Gasteiger partial charge in [0.1, 0.15) is 11.1 Å². The Hall–Kier alpha value is -5.04. The van der Waals surface area contributed by atoms with Crippen molar-refractivity contribution >= 4 is 78.4 Å². The van der Waals surface area contributed by atoms with Gasteiger partial charge in [-0.05, 0) is 72.8 Å². The van der Waals surface area contributed by atoms with Crippen molar-refractivity contribution in [2.45, 2.75) is 19.6 Å². The van der Waals surface area contributed by atoms with Crippen LogP contribution in [0.1, 0.15) is 41.4 Å². The Balaban J connectivity index is 1.23. The van der Waals surface area contributed by atoms with Crippen molar-refractivity contribution in [1.82, 2.24) is 0 Å². The largest absolute Gasteiger partial charge is 0.477 e. The number of nitro benzene ring substituents is 2. The number of rotatable bonds is 14. The number of hydrogen-bond donors (Lipinski definition) is 2.